The number of hydrogen-bond acceptors (Lipinski definition) is 5. The van der Waals surface area contributed by atoms with Gasteiger partial charge >= 0.3 is 0 Å². The minimum atomic E-state index is -0.686. The van der Waals surface area contributed by atoms with E-state index in [1.54, 1.807) is 24.3 Å². The van der Waals surface area contributed by atoms with E-state index in [1.807, 2.05) is 12.1 Å². The van der Waals surface area contributed by atoms with Gasteiger partial charge in [0, 0.05) is 10.6 Å². The molecule has 0 saturated heterocycles. The van der Waals surface area contributed by atoms with Crippen LogP contribution in [0.4, 0.5) is 5.82 Å². The number of hydrogen-bond donors (Lipinski definition) is 1. The van der Waals surface area contributed by atoms with Crippen molar-refractivity contribution < 1.29 is 4.74 Å². The van der Waals surface area contributed by atoms with Gasteiger partial charge in [0.05, 0.1) is 17.8 Å². The second-order valence-corrected chi connectivity index (χ2v) is 6.54. The number of nitrogens with two attached hydrogens (primary N) is 1. The number of halogens is 2. The van der Waals surface area contributed by atoms with Crippen molar-refractivity contribution in [1.29, 1.82) is 10.5 Å². The van der Waals surface area contributed by atoms with E-state index in [4.69, 9.17) is 33.7 Å². The van der Waals surface area contributed by atoms with Crippen LogP contribution in [0.1, 0.15) is 11.1 Å². The summed E-state index contributed by atoms with van der Waals surface area (Å²) in [4.78, 5) is 13.1. The van der Waals surface area contributed by atoms with E-state index in [0.29, 0.717) is 16.3 Å². The Morgan fingerprint density at radius 2 is 1.68 bits per heavy atom. The predicted molar refractivity (Wildman–Crippen MR) is 108 cm³/mol. The molecular weight excluding hydrogens is 399 g/mol. The third kappa shape index (κ3) is 3.16. The number of benzene rings is 2. The quantitative estimate of drug-likeness (QED) is 0.697. The van der Waals surface area contributed by atoms with Crippen LogP contribution in [0.15, 0.2) is 47.3 Å². The number of pyridine rings is 1. The van der Waals surface area contributed by atoms with Crippen LogP contribution in [-0.2, 0) is 0 Å². The first-order chi connectivity index (χ1) is 13.4. The molecule has 2 aromatic carbocycles. The Hall–Kier alpha value is -3.45. The zero-order valence-corrected chi connectivity index (χ0v) is 16.0. The van der Waals surface area contributed by atoms with Gasteiger partial charge in [-0.25, -0.2) is 0 Å². The van der Waals surface area contributed by atoms with Crippen molar-refractivity contribution in [2.75, 3.05) is 12.8 Å². The molecule has 2 N–H and O–H groups in total. The molecule has 8 heteroatoms. The summed E-state index contributed by atoms with van der Waals surface area (Å²) in [6.07, 6.45) is 0. The van der Waals surface area contributed by atoms with Crippen molar-refractivity contribution in [3.05, 3.63) is 74.0 Å². The van der Waals surface area contributed by atoms with Crippen molar-refractivity contribution in [3.63, 3.8) is 0 Å². The summed E-state index contributed by atoms with van der Waals surface area (Å²) in [7, 11) is 1.52. The summed E-state index contributed by atoms with van der Waals surface area (Å²) in [5.41, 5.74) is 6.13. The third-order valence-corrected chi connectivity index (χ3v) is 4.70. The average molecular weight is 411 g/mol. The molecule has 28 heavy (non-hydrogen) atoms. The molecule has 0 radical (unpaired) electrons. The predicted octanol–water partition coefficient (Wildman–Crippen LogP) is 4.15. The number of rotatable bonds is 3. The molecule has 0 saturated carbocycles. The van der Waals surface area contributed by atoms with Crippen LogP contribution >= 0.6 is 23.2 Å². The Bertz CT molecular complexity index is 1220. The molecule has 0 fully saturated rings. The minimum absolute atomic E-state index is 0.00710. The normalized spacial score (nSPS) is 10.2. The summed E-state index contributed by atoms with van der Waals surface area (Å²) in [5.74, 6) is 0.469. The number of nitrogen functional groups attached to an aromatic ring is 1. The monoisotopic (exact) mass is 410 g/mol. The van der Waals surface area contributed by atoms with Gasteiger partial charge in [0.1, 0.15) is 34.8 Å². The topological polar surface area (TPSA) is 105 Å². The lowest BCUT2D eigenvalue weighted by molar-refractivity contribution is 0.415. The fourth-order valence-corrected chi connectivity index (χ4v) is 3.35. The Kier molecular flexibility index (Phi) is 5.28. The van der Waals surface area contributed by atoms with Gasteiger partial charge in [-0.1, -0.05) is 35.3 Å². The maximum atomic E-state index is 13.1. The van der Waals surface area contributed by atoms with E-state index < -0.39 is 5.56 Å². The molecule has 6 nitrogen and oxygen atoms in total. The zero-order chi connectivity index (χ0) is 20.4. The number of anilines is 1. The molecule has 138 valence electrons. The number of ether oxygens (including phenoxy) is 1. The Morgan fingerprint density at radius 1 is 1.04 bits per heavy atom. The first-order valence-corrected chi connectivity index (χ1v) is 8.67. The highest BCUT2D eigenvalue weighted by atomic mass is 35.5. The third-order valence-electron chi connectivity index (χ3n) is 4.17. The first kappa shape index (κ1) is 19.3. The van der Waals surface area contributed by atoms with Crippen molar-refractivity contribution in [2.24, 2.45) is 0 Å². The molecule has 0 aliphatic rings. The van der Waals surface area contributed by atoms with Crippen molar-refractivity contribution in [1.82, 2.24) is 4.57 Å². The van der Waals surface area contributed by atoms with Crippen molar-refractivity contribution in [2.45, 2.75) is 0 Å². The second kappa shape index (κ2) is 7.66. The lowest BCUT2D eigenvalue weighted by atomic mass is 9.96. The van der Waals surface area contributed by atoms with Gasteiger partial charge < -0.3 is 10.5 Å². The molecule has 0 aliphatic carbocycles. The van der Waals surface area contributed by atoms with Gasteiger partial charge in [-0.05, 0) is 35.9 Å². The maximum absolute atomic E-state index is 13.1. The van der Waals surface area contributed by atoms with Crippen molar-refractivity contribution >= 4 is 29.0 Å². The van der Waals surface area contributed by atoms with Gasteiger partial charge in [-0.3, -0.25) is 9.36 Å². The van der Waals surface area contributed by atoms with Crippen LogP contribution in [0, 0.1) is 22.7 Å². The smallest absolute Gasteiger partial charge is 0.275 e. The zero-order valence-electron chi connectivity index (χ0n) is 14.5. The van der Waals surface area contributed by atoms with Crippen LogP contribution in [0.2, 0.25) is 10.0 Å². The molecule has 0 spiro atoms. The van der Waals surface area contributed by atoms with Gasteiger partial charge in [-0.2, -0.15) is 10.5 Å². The van der Waals surface area contributed by atoms with E-state index in [-0.39, 0.29) is 33.2 Å². The molecule has 3 aromatic rings. The minimum Gasteiger partial charge on any atom is -0.497 e. The number of methoxy groups -OCH3 is 1. The Morgan fingerprint density at radius 3 is 2.21 bits per heavy atom. The van der Waals surface area contributed by atoms with E-state index in [9.17, 15) is 15.3 Å². The van der Waals surface area contributed by atoms with Gasteiger partial charge in [0.2, 0.25) is 0 Å². The fraction of sp³-hybridized carbons (Fsp3) is 0.0500. The largest absolute Gasteiger partial charge is 0.497 e. The molecule has 0 unspecified atom stereocenters. The molecule has 3 rings (SSSR count). The lowest BCUT2D eigenvalue weighted by Crippen LogP contribution is -2.26. The Labute approximate surface area is 170 Å². The highest BCUT2D eigenvalue weighted by Gasteiger charge is 2.23. The summed E-state index contributed by atoms with van der Waals surface area (Å²) < 4.78 is 6.16. The van der Waals surface area contributed by atoms with Crippen molar-refractivity contribution in [3.8, 4) is 34.7 Å². The standard InChI is InChI=1S/C20H12Cl2N4O2/c1-28-13-5-2-11(3-6-13)18-14(9-23)19(25)26(20(27)15(18)10-24)17-7-4-12(21)8-16(17)22/h2-8H,25H2,1H3. The molecule has 0 bridgehead atoms. The second-order valence-electron chi connectivity index (χ2n) is 5.70. The van der Waals surface area contributed by atoms with Gasteiger partial charge in [-0.15, -0.1) is 0 Å². The lowest BCUT2D eigenvalue weighted by Gasteiger charge is -2.17. The highest BCUT2D eigenvalue weighted by Crippen LogP contribution is 2.33. The average Bonchev–Trinajstić information content (AvgIpc) is 2.69. The number of nitrogens with zero attached hydrogens (tertiary/aromatic N) is 3. The van der Waals surface area contributed by atoms with Crippen LogP contribution in [0.5, 0.6) is 5.75 Å². The van der Waals surface area contributed by atoms with Crippen LogP contribution in [0.25, 0.3) is 16.8 Å². The van der Waals surface area contributed by atoms with Gasteiger partial charge in [0.15, 0.2) is 0 Å². The molecular formula is C20H12Cl2N4O2. The molecule has 0 atom stereocenters. The van der Waals surface area contributed by atoms with E-state index >= 15 is 0 Å². The van der Waals surface area contributed by atoms with E-state index in [1.165, 1.54) is 25.3 Å². The summed E-state index contributed by atoms with van der Waals surface area (Å²) >= 11 is 12.1. The van der Waals surface area contributed by atoms with Crippen LogP contribution in [0.3, 0.4) is 0 Å². The molecule has 0 amide bonds. The number of aromatic nitrogens is 1. The number of nitriles is 2. The highest BCUT2D eigenvalue weighted by molar-refractivity contribution is 6.35. The molecule has 0 aliphatic heterocycles. The Balaban J connectivity index is 2.40. The van der Waals surface area contributed by atoms with Gasteiger partial charge in [0.25, 0.3) is 5.56 Å². The van der Waals surface area contributed by atoms with Crippen LogP contribution in [-0.4, -0.2) is 11.7 Å². The van der Waals surface area contributed by atoms with E-state index in [0.717, 1.165) is 4.57 Å². The molecule has 1 aromatic heterocycles. The summed E-state index contributed by atoms with van der Waals surface area (Å²) in [6, 6.07) is 15.0. The van der Waals surface area contributed by atoms with Crippen LogP contribution < -0.4 is 16.0 Å². The maximum Gasteiger partial charge on any atom is 0.275 e. The summed E-state index contributed by atoms with van der Waals surface area (Å²) in [5, 5.41) is 19.9. The summed E-state index contributed by atoms with van der Waals surface area (Å²) in [6.45, 7) is 0. The molecule has 1 heterocycles. The van der Waals surface area contributed by atoms with E-state index in [2.05, 4.69) is 0 Å². The first-order valence-electron chi connectivity index (χ1n) is 7.91. The fourth-order valence-electron chi connectivity index (χ4n) is 2.86. The SMILES string of the molecule is COc1ccc(-c2c(C#N)c(N)n(-c3ccc(Cl)cc3Cl)c(=O)c2C#N)cc1.